The highest BCUT2D eigenvalue weighted by Gasteiger charge is 2.30. The number of rotatable bonds is 3. The van der Waals surface area contributed by atoms with Crippen LogP contribution in [0, 0.1) is 5.82 Å². The molecule has 2 aromatic rings. The molecule has 4 rings (SSSR count). The molecule has 0 unspecified atom stereocenters. The van der Waals surface area contributed by atoms with Crippen molar-refractivity contribution in [3.05, 3.63) is 53.4 Å². The van der Waals surface area contributed by atoms with Gasteiger partial charge in [-0.3, -0.25) is 14.4 Å². The second-order valence-electron chi connectivity index (χ2n) is 6.50. The molecule has 0 atom stereocenters. The molecule has 3 heterocycles. The second-order valence-corrected chi connectivity index (χ2v) is 6.50. The molecule has 1 fully saturated rings. The molecule has 0 radical (unpaired) electrons. The van der Waals surface area contributed by atoms with Crippen LogP contribution in [0.25, 0.3) is 0 Å². The molecule has 2 aliphatic heterocycles. The number of fused-ring (bicyclic) bond motifs is 1. The number of anilines is 2. The Hall–Kier alpha value is -3.36. The normalized spacial score (nSPS) is 17.4. The van der Waals surface area contributed by atoms with Crippen LogP contribution in [0.3, 0.4) is 0 Å². The summed E-state index contributed by atoms with van der Waals surface area (Å²) in [7, 11) is 1.87. The van der Waals surface area contributed by atoms with Crippen LogP contribution in [0.1, 0.15) is 18.2 Å². The van der Waals surface area contributed by atoms with Crippen LogP contribution >= 0.6 is 0 Å². The summed E-state index contributed by atoms with van der Waals surface area (Å²) < 4.78 is 21.6. The predicted octanol–water partition coefficient (Wildman–Crippen LogP) is 2.01. The quantitative estimate of drug-likeness (QED) is 0.893. The number of amides is 2. The van der Waals surface area contributed by atoms with Crippen LogP contribution in [0.2, 0.25) is 0 Å². The van der Waals surface area contributed by atoms with Gasteiger partial charge in [-0.05, 0) is 18.2 Å². The number of cyclic esters (lactones) is 1. The zero-order chi connectivity index (χ0) is 19.1. The van der Waals surface area contributed by atoms with Gasteiger partial charge in [-0.25, -0.2) is 9.18 Å². The van der Waals surface area contributed by atoms with Crippen molar-refractivity contribution in [3.63, 3.8) is 0 Å². The number of hydrogen-bond donors (Lipinski definition) is 1. The van der Waals surface area contributed by atoms with E-state index in [0.717, 1.165) is 11.3 Å². The first-order valence-electron chi connectivity index (χ1n) is 8.42. The SMILES string of the molecule is CC(=O)N/C=C1/CN(c2ccc(N3Cc4cnn(C)c4C3)c(F)c2)C(=O)O1. The van der Waals surface area contributed by atoms with Gasteiger partial charge in [0.2, 0.25) is 5.91 Å². The minimum atomic E-state index is -0.613. The van der Waals surface area contributed by atoms with Gasteiger partial charge in [-0.1, -0.05) is 0 Å². The lowest BCUT2D eigenvalue weighted by Gasteiger charge is -2.20. The van der Waals surface area contributed by atoms with Gasteiger partial charge < -0.3 is 15.0 Å². The van der Waals surface area contributed by atoms with Crippen LogP contribution < -0.4 is 15.1 Å². The third-order valence-corrected chi connectivity index (χ3v) is 4.62. The fourth-order valence-electron chi connectivity index (χ4n) is 3.25. The minimum Gasteiger partial charge on any atom is -0.411 e. The van der Waals surface area contributed by atoms with Crippen LogP contribution in [0.5, 0.6) is 0 Å². The molecular weight excluding hydrogens is 353 g/mol. The Morgan fingerprint density at radius 2 is 2.15 bits per heavy atom. The van der Waals surface area contributed by atoms with E-state index in [0.29, 0.717) is 30.2 Å². The maximum Gasteiger partial charge on any atom is 0.419 e. The molecule has 1 saturated heterocycles. The summed E-state index contributed by atoms with van der Waals surface area (Å²) in [5.74, 6) is -0.392. The third-order valence-electron chi connectivity index (χ3n) is 4.62. The van der Waals surface area contributed by atoms with Gasteiger partial charge in [-0.15, -0.1) is 0 Å². The largest absolute Gasteiger partial charge is 0.419 e. The van der Waals surface area contributed by atoms with E-state index in [1.165, 1.54) is 24.1 Å². The van der Waals surface area contributed by atoms with Crippen molar-refractivity contribution in [2.45, 2.75) is 20.0 Å². The Kier molecular flexibility index (Phi) is 4.06. The van der Waals surface area contributed by atoms with Crippen LogP contribution in [0.4, 0.5) is 20.6 Å². The molecule has 0 bridgehead atoms. The highest BCUT2D eigenvalue weighted by Crippen LogP contribution is 2.33. The number of nitrogens with zero attached hydrogens (tertiary/aromatic N) is 4. The van der Waals surface area contributed by atoms with E-state index in [1.54, 1.807) is 23.0 Å². The van der Waals surface area contributed by atoms with E-state index in [-0.39, 0.29) is 12.5 Å². The number of ether oxygens (including phenoxy) is 1. The Morgan fingerprint density at radius 1 is 1.33 bits per heavy atom. The van der Waals surface area contributed by atoms with Crippen molar-refractivity contribution < 1.29 is 18.7 Å². The van der Waals surface area contributed by atoms with Crippen LogP contribution in [-0.4, -0.2) is 28.3 Å². The van der Waals surface area contributed by atoms with Gasteiger partial charge in [0.25, 0.3) is 0 Å². The minimum absolute atomic E-state index is 0.124. The topological polar surface area (TPSA) is 79.7 Å². The monoisotopic (exact) mass is 371 g/mol. The molecule has 8 nitrogen and oxygen atoms in total. The van der Waals surface area contributed by atoms with Gasteiger partial charge in [0, 0.05) is 32.3 Å². The zero-order valence-electron chi connectivity index (χ0n) is 14.9. The van der Waals surface area contributed by atoms with E-state index in [4.69, 9.17) is 4.74 Å². The Morgan fingerprint density at radius 3 is 2.85 bits per heavy atom. The van der Waals surface area contributed by atoms with Crippen molar-refractivity contribution in [2.24, 2.45) is 7.05 Å². The summed E-state index contributed by atoms with van der Waals surface area (Å²) in [6.45, 7) is 2.65. The fraction of sp³-hybridized carbons (Fsp3) is 0.278. The average molecular weight is 371 g/mol. The average Bonchev–Trinajstić information content (AvgIpc) is 3.29. The van der Waals surface area contributed by atoms with Gasteiger partial charge in [0.05, 0.1) is 36.4 Å². The lowest BCUT2D eigenvalue weighted by atomic mass is 10.2. The number of halogens is 1. The Balaban J connectivity index is 1.52. The number of nitrogens with one attached hydrogen (secondary N) is 1. The van der Waals surface area contributed by atoms with Gasteiger partial charge >= 0.3 is 6.09 Å². The standard InChI is InChI=1S/C18H18FN5O3/c1-11(25)20-7-14-9-24(18(26)27-14)13-3-4-16(15(19)5-13)23-8-12-6-21-22(2)17(12)10-23/h3-7H,8-10H2,1-2H3,(H,20,25)/b14-7-. The summed E-state index contributed by atoms with van der Waals surface area (Å²) in [5, 5.41) is 6.66. The predicted molar refractivity (Wildman–Crippen MR) is 95.2 cm³/mol. The summed E-state index contributed by atoms with van der Waals surface area (Å²) in [4.78, 5) is 26.2. The van der Waals surface area contributed by atoms with Crippen LogP contribution in [0.15, 0.2) is 36.4 Å². The maximum absolute atomic E-state index is 14.7. The lowest BCUT2D eigenvalue weighted by Crippen LogP contribution is -2.24. The van der Waals surface area contributed by atoms with Crippen LogP contribution in [-0.2, 0) is 29.7 Å². The van der Waals surface area contributed by atoms with Gasteiger partial charge in [0.15, 0.2) is 0 Å². The van der Waals surface area contributed by atoms with Gasteiger partial charge in [-0.2, -0.15) is 5.10 Å². The van der Waals surface area contributed by atoms with Crippen molar-refractivity contribution in [1.29, 1.82) is 0 Å². The number of carbonyl (C=O) groups is 2. The highest BCUT2D eigenvalue weighted by atomic mass is 19.1. The number of carbonyl (C=O) groups excluding carboxylic acids is 2. The lowest BCUT2D eigenvalue weighted by molar-refractivity contribution is -0.118. The van der Waals surface area contributed by atoms with Crippen molar-refractivity contribution in [1.82, 2.24) is 15.1 Å². The first kappa shape index (κ1) is 17.1. The molecule has 140 valence electrons. The first-order valence-corrected chi connectivity index (χ1v) is 8.42. The molecule has 0 spiro atoms. The van der Waals surface area contributed by atoms with E-state index in [9.17, 15) is 14.0 Å². The third kappa shape index (κ3) is 3.12. The fourth-order valence-corrected chi connectivity index (χ4v) is 3.25. The molecule has 1 aromatic heterocycles. The molecule has 0 saturated carbocycles. The second kappa shape index (κ2) is 6.42. The summed E-state index contributed by atoms with van der Waals surface area (Å²) >= 11 is 0. The first-order chi connectivity index (χ1) is 12.9. The highest BCUT2D eigenvalue weighted by molar-refractivity contribution is 5.91. The number of hydrogen-bond acceptors (Lipinski definition) is 5. The molecular formula is C18H18FN5O3. The Labute approximate surface area is 154 Å². The van der Waals surface area contributed by atoms with E-state index in [2.05, 4.69) is 10.4 Å². The molecule has 1 aromatic carbocycles. The number of aryl methyl sites for hydroxylation is 1. The van der Waals surface area contributed by atoms with Crippen molar-refractivity contribution in [2.75, 3.05) is 16.3 Å². The molecule has 1 N–H and O–H groups in total. The van der Waals surface area contributed by atoms with Crippen molar-refractivity contribution in [3.8, 4) is 0 Å². The van der Waals surface area contributed by atoms with E-state index >= 15 is 0 Å². The molecule has 27 heavy (non-hydrogen) atoms. The molecule has 0 aliphatic carbocycles. The summed E-state index contributed by atoms with van der Waals surface area (Å²) in [6.07, 6.45) is 2.52. The van der Waals surface area contributed by atoms with Gasteiger partial charge in [0.1, 0.15) is 11.6 Å². The summed E-state index contributed by atoms with van der Waals surface area (Å²) in [5.41, 5.74) is 3.01. The molecule has 2 amide bonds. The van der Waals surface area contributed by atoms with E-state index in [1.807, 2.05) is 11.9 Å². The number of aromatic nitrogens is 2. The molecule has 9 heteroatoms. The summed E-state index contributed by atoms with van der Waals surface area (Å²) in [6, 6.07) is 4.66. The molecule has 2 aliphatic rings. The Bertz CT molecular complexity index is 968. The number of benzene rings is 1. The van der Waals surface area contributed by atoms with E-state index < -0.39 is 11.9 Å². The smallest absolute Gasteiger partial charge is 0.411 e. The van der Waals surface area contributed by atoms with Crippen molar-refractivity contribution >= 4 is 23.4 Å². The zero-order valence-corrected chi connectivity index (χ0v) is 14.9. The maximum atomic E-state index is 14.7.